The molecule has 0 atom stereocenters. The quantitative estimate of drug-likeness (QED) is 0.690. The van der Waals surface area contributed by atoms with E-state index >= 15 is 0 Å². The van der Waals surface area contributed by atoms with E-state index < -0.39 is 17.8 Å². The number of aromatic nitrogens is 2. The van der Waals surface area contributed by atoms with Gasteiger partial charge in [0, 0.05) is 6.54 Å². The normalized spacial score (nSPS) is 13.8. The Morgan fingerprint density at radius 1 is 0.966 bits per heavy atom. The molecule has 0 unspecified atom stereocenters. The van der Waals surface area contributed by atoms with Gasteiger partial charge in [0.05, 0.1) is 27.7 Å². The van der Waals surface area contributed by atoms with Crippen LogP contribution >= 0.6 is 0 Å². The van der Waals surface area contributed by atoms with Gasteiger partial charge in [-0.1, -0.05) is 44.0 Å². The Morgan fingerprint density at radius 2 is 1.59 bits per heavy atom. The van der Waals surface area contributed by atoms with Crippen molar-refractivity contribution in [2.45, 2.75) is 27.3 Å². The molecule has 2 heterocycles. The van der Waals surface area contributed by atoms with Crippen LogP contribution in [0.25, 0.3) is 11.0 Å². The summed E-state index contributed by atoms with van der Waals surface area (Å²) < 4.78 is 1.55. The number of H-pyrrole nitrogens is 1. The van der Waals surface area contributed by atoms with E-state index in [9.17, 15) is 19.2 Å². The lowest BCUT2D eigenvalue weighted by Crippen LogP contribution is -2.32. The fourth-order valence-electron chi connectivity index (χ4n) is 3.36. The number of benzene rings is 2. The van der Waals surface area contributed by atoms with Crippen molar-refractivity contribution in [2.75, 3.05) is 0 Å². The van der Waals surface area contributed by atoms with Crippen LogP contribution in [0.4, 0.5) is 0 Å². The average molecular weight is 393 g/mol. The van der Waals surface area contributed by atoms with Crippen LogP contribution in [0.15, 0.2) is 47.3 Å². The molecule has 2 amide bonds. The Balaban J connectivity index is 1.69. The monoisotopic (exact) mass is 393 g/mol. The zero-order valence-corrected chi connectivity index (χ0v) is 16.2. The van der Waals surface area contributed by atoms with Gasteiger partial charge in [-0.3, -0.25) is 14.2 Å². The molecular weight excluding hydrogens is 374 g/mol. The number of imide groups is 1. The van der Waals surface area contributed by atoms with Crippen LogP contribution in [-0.4, -0.2) is 32.4 Å². The van der Waals surface area contributed by atoms with Crippen LogP contribution in [0.3, 0.4) is 0 Å². The summed E-state index contributed by atoms with van der Waals surface area (Å²) in [6.45, 7) is 6.44. The third kappa shape index (κ3) is 3.12. The number of nitrogens with one attached hydrogen (secondary N) is 1. The molecule has 2 aromatic carbocycles. The molecule has 3 aromatic rings. The van der Waals surface area contributed by atoms with Crippen molar-refractivity contribution in [3.63, 3.8) is 0 Å². The van der Waals surface area contributed by atoms with Gasteiger partial charge < -0.3 is 9.82 Å². The summed E-state index contributed by atoms with van der Waals surface area (Å²) in [6.07, 6.45) is 0. The Labute approximate surface area is 165 Å². The first kappa shape index (κ1) is 18.7. The highest BCUT2D eigenvalue weighted by atomic mass is 16.7. The Hall–Kier alpha value is -3.68. The summed E-state index contributed by atoms with van der Waals surface area (Å²) >= 11 is 0. The summed E-state index contributed by atoms with van der Waals surface area (Å²) in [5.41, 5.74) is 0.738. The highest BCUT2D eigenvalue weighted by Crippen LogP contribution is 2.25. The van der Waals surface area contributed by atoms with Gasteiger partial charge in [-0.05, 0) is 29.7 Å². The summed E-state index contributed by atoms with van der Waals surface area (Å²) in [5, 5.41) is 0.454. The first-order valence-corrected chi connectivity index (χ1v) is 9.09. The SMILES string of the molecule is CC(C)(C)Cn1c(=O)[nH]c2c(C(=O)ON3C(=O)c4ccccc4C3=O)cccc21. The van der Waals surface area contributed by atoms with Gasteiger partial charge in [0.15, 0.2) is 0 Å². The van der Waals surface area contributed by atoms with E-state index in [0.717, 1.165) is 0 Å². The zero-order chi connectivity index (χ0) is 20.9. The molecule has 1 aliphatic heterocycles. The number of nitrogens with zero attached hydrogens (tertiary/aromatic N) is 2. The zero-order valence-electron chi connectivity index (χ0n) is 16.2. The summed E-state index contributed by atoms with van der Waals surface area (Å²) in [5.74, 6) is -2.32. The number of carbonyl (C=O) groups is 3. The van der Waals surface area contributed by atoms with Crippen LogP contribution in [0.5, 0.6) is 0 Å². The molecule has 0 saturated carbocycles. The second-order valence-electron chi connectivity index (χ2n) is 8.11. The molecule has 8 heteroatoms. The summed E-state index contributed by atoms with van der Waals surface area (Å²) in [7, 11) is 0. The van der Waals surface area contributed by atoms with E-state index in [-0.39, 0.29) is 27.8 Å². The molecule has 1 aromatic heterocycles. The van der Waals surface area contributed by atoms with Crippen molar-refractivity contribution in [3.8, 4) is 0 Å². The number of imidazole rings is 1. The predicted molar refractivity (Wildman–Crippen MR) is 104 cm³/mol. The summed E-state index contributed by atoms with van der Waals surface area (Å²) in [6, 6.07) is 11.0. The minimum atomic E-state index is -0.908. The lowest BCUT2D eigenvalue weighted by Gasteiger charge is -2.18. The van der Waals surface area contributed by atoms with Crippen molar-refractivity contribution < 1.29 is 19.2 Å². The number of hydroxylamine groups is 2. The lowest BCUT2D eigenvalue weighted by atomic mass is 9.97. The Kier molecular flexibility index (Phi) is 4.15. The maximum absolute atomic E-state index is 12.8. The number of hydrogen-bond acceptors (Lipinski definition) is 5. The van der Waals surface area contributed by atoms with Gasteiger partial charge in [0.1, 0.15) is 0 Å². The molecule has 4 rings (SSSR count). The fourth-order valence-corrected chi connectivity index (χ4v) is 3.36. The number of fused-ring (bicyclic) bond motifs is 2. The molecule has 148 valence electrons. The topological polar surface area (TPSA) is 101 Å². The molecule has 1 aliphatic rings. The van der Waals surface area contributed by atoms with E-state index in [0.29, 0.717) is 22.6 Å². The predicted octanol–water partition coefficient (Wildman–Crippen LogP) is 2.74. The highest BCUT2D eigenvalue weighted by Gasteiger charge is 2.39. The van der Waals surface area contributed by atoms with Crippen molar-refractivity contribution in [3.05, 3.63) is 69.6 Å². The van der Waals surface area contributed by atoms with E-state index in [1.807, 2.05) is 20.8 Å². The average Bonchev–Trinajstić information content (AvgIpc) is 3.10. The molecule has 0 fully saturated rings. The number of rotatable bonds is 3. The van der Waals surface area contributed by atoms with Crippen molar-refractivity contribution >= 4 is 28.8 Å². The Morgan fingerprint density at radius 3 is 2.17 bits per heavy atom. The molecule has 1 N–H and O–H groups in total. The second-order valence-corrected chi connectivity index (χ2v) is 8.11. The van der Waals surface area contributed by atoms with Crippen LogP contribution in [0.2, 0.25) is 0 Å². The minimum Gasteiger partial charge on any atom is -0.324 e. The smallest absolute Gasteiger partial charge is 0.324 e. The van der Waals surface area contributed by atoms with Gasteiger partial charge in [-0.15, -0.1) is 0 Å². The number of para-hydroxylation sites is 1. The van der Waals surface area contributed by atoms with Gasteiger partial charge in [-0.2, -0.15) is 0 Å². The molecule has 0 saturated heterocycles. The van der Waals surface area contributed by atoms with E-state index in [1.54, 1.807) is 28.8 Å². The maximum Gasteiger partial charge on any atom is 0.366 e. The van der Waals surface area contributed by atoms with Crippen LogP contribution in [-0.2, 0) is 11.4 Å². The maximum atomic E-state index is 12.8. The first-order chi connectivity index (χ1) is 13.7. The summed E-state index contributed by atoms with van der Waals surface area (Å²) in [4.78, 5) is 57.8. The molecule has 0 aliphatic carbocycles. The van der Waals surface area contributed by atoms with Gasteiger partial charge in [-0.25, -0.2) is 9.59 Å². The van der Waals surface area contributed by atoms with Gasteiger partial charge in [0.25, 0.3) is 11.8 Å². The number of amides is 2. The lowest BCUT2D eigenvalue weighted by molar-refractivity contribution is -0.0583. The van der Waals surface area contributed by atoms with E-state index in [2.05, 4.69) is 4.98 Å². The molecular formula is C21H19N3O5. The van der Waals surface area contributed by atoms with Crippen LogP contribution < -0.4 is 5.69 Å². The van der Waals surface area contributed by atoms with Crippen molar-refractivity contribution in [2.24, 2.45) is 5.41 Å². The second kappa shape index (κ2) is 6.44. The molecule has 0 bridgehead atoms. The van der Waals surface area contributed by atoms with E-state index in [4.69, 9.17) is 4.84 Å². The third-order valence-corrected chi connectivity index (χ3v) is 4.59. The van der Waals surface area contributed by atoms with E-state index in [1.165, 1.54) is 18.2 Å². The third-order valence-electron chi connectivity index (χ3n) is 4.59. The van der Waals surface area contributed by atoms with Gasteiger partial charge >= 0.3 is 11.7 Å². The van der Waals surface area contributed by atoms with Crippen LogP contribution in [0, 0.1) is 5.41 Å². The standard InChI is InChI=1S/C21H19N3O5/c1-21(2,3)11-23-15-10-6-9-14(16(15)22-20(23)28)19(27)29-24-17(25)12-7-4-5-8-13(12)18(24)26/h4-10H,11H2,1-3H3,(H,22,28). The van der Waals surface area contributed by atoms with Crippen molar-refractivity contribution in [1.29, 1.82) is 0 Å². The number of hydrogen-bond donors (Lipinski definition) is 1. The van der Waals surface area contributed by atoms with Gasteiger partial charge in [0.2, 0.25) is 0 Å². The first-order valence-electron chi connectivity index (χ1n) is 9.09. The van der Waals surface area contributed by atoms with Crippen molar-refractivity contribution in [1.82, 2.24) is 14.6 Å². The molecule has 8 nitrogen and oxygen atoms in total. The molecule has 0 spiro atoms. The fraction of sp³-hybridized carbons (Fsp3) is 0.238. The highest BCUT2D eigenvalue weighted by molar-refractivity contribution is 6.21. The Bertz CT molecular complexity index is 1190. The number of carbonyl (C=O) groups excluding carboxylic acids is 3. The molecule has 29 heavy (non-hydrogen) atoms. The van der Waals surface area contributed by atoms with Crippen LogP contribution in [0.1, 0.15) is 51.8 Å². The molecule has 0 radical (unpaired) electrons. The minimum absolute atomic E-state index is 0.0591. The number of aromatic amines is 1. The largest absolute Gasteiger partial charge is 0.366 e.